The molecule has 2 aromatic rings. The lowest BCUT2D eigenvalue weighted by molar-refractivity contribution is -0.00168. The molecule has 1 aliphatic rings. The highest BCUT2D eigenvalue weighted by Crippen LogP contribution is 2.42. The number of halogens is 1. The smallest absolute Gasteiger partial charge is 0.184 e. The van der Waals surface area contributed by atoms with Crippen LogP contribution < -0.4 is 0 Å². The summed E-state index contributed by atoms with van der Waals surface area (Å²) in [5, 5.41) is 0. The van der Waals surface area contributed by atoms with Crippen molar-refractivity contribution in [2.24, 2.45) is 0 Å². The fourth-order valence-corrected chi connectivity index (χ4v) is 6.06. The molecule has 2 aromatic carbocycles. The van der Waals surface area contributed by atoms with Crippen molar-refractivity contribution in [3.8, 4) is 0 Å². The van der Waals surface area contributed by atoms with Crippen molar-refractivity contribution < 1.29 is 21.8 Å². The molecule has 3 rings (SSSR count). The summed E-state index contributed by atoms with van der Waals surface area (Å²) in [6, 6.07) is 11.4. The zero-order chi connectivity index (χ0) is 21.4. The van der Waals surface area contributed by atoms with Gasteiger partial charge in [-0.1, -0.05) is 32.0 Å². The van der Waals surface area contributed by atoms with E-state index in [1.165, 1.54) is 12.3 Å². The maximum absolute atomic E-state index is 14.6. The zero-order valence-electron chi connectivity index (χ0n) is 17.1. The fraction of sp³-hybridized carbons (Fsp3) is 0.455. The third-order valence-corrected chi connectivity index (χ3v) is 9.16. The largest absolute Gasteiger partial charge is 0.373 e. The molecule has 1 saturated heterocycles. The van der Waals surface area contributed by atoms with Crippen molar-refractivity contribution in [2.75, 3.05) is 12.9 Å². The zero-order valence-corrected chi connectivity index (χ0v) is 18.8. The van der Waals surface area contributed by atoms with Gasteiger partial charge < -0.3 is 4.74 Å². The van der Waals surface area contributed by atoms with Gasteiger partial charge in [-0.2, -0.15) is 0 Å². The Bertz CT molecular complexity index is 1030. The first kappa shape index (κ1) is 22.1. The van der Waals surface area contributed by atoms with E-state index in [1.807, 2.05) is 19.9 Å². The van der Waals surface area contributed by atoms with E-state index in [1.54, 1.807) is 37.3 Å². The number of hydrogen-bond acceptors (Lipinski definition) is 4. The number of rotatable bonds is 5. The van der Waals surface area contributed by atoms with E-state index in [4.69, 9.17) is 4.74 Å². The number of hydrogen-bond donors (Lipinski definition) is 0. The van der Waals surface area contributed by atoms with E-state index < -0.39 is 37.3 Å². The Morgan fingerprint density at radius 3 is 2.55 bits per heavy atom. The highest BCUT2D eigenvalue weighted by molar-refractivity contribution is 7.92. The van der Waals surface area contributed by atoms with Crippen LogP contribution in [0.1, 0.15) is 56.8 Å². The lowest BCUT2D eigenvalue weighted by Crippen LogP contribution is -2.42. The molecule has 3 atom stereocenters. The Morgan fingerprint density at radius 2 is 1.93 bits per heavy atom. The minimum atomic E-state index is -3.64. The van der Waals surface area contributed by atoms with Crippen LogP contribution in [-0.2, 0) is 25.4 Å². The summed E-state index contributed by atoms with van der Waals surface area (Å²) >= 11 is 0. The molecule has 158 valence electrons. The van der Waals surface area contributed by atoms with Crippen molar-refractivity contribution in [2.45, 2.75) is 60.2 Å². The number of benzene rings is 2. The first-order valence-electron chi connectivity index (χ1n) is 9.64. The molecule has 0 spiro atoms. The van der Waals surface area contributed by atoms with Crippen LogP contribution in [0, 0.1) is 5.82 Å². The summed E-state index contributed by atoms with van der Waals surface area (Å²) in [5.74, 6) is -0.303. The average Bonchev–Trinajstić information content (AvgIpc) is 2.67. The van der Waals surface area contributed by atoms with Crippen LogP contribution in [0.5, 0.6) is 0 Å². The summed E-state index contributed by atoms with van der Waals surface area (Å²) in [4.78, 5) is 0.687. The summed E-state index contributed by atoms with van der Waals surface area (Å²) in [6.07, 6.45) is 1.32. The molecule has 0 bridgehead atoms. The molecule has 0 N–H and O–H groups in total. The number of sulfone groups is 1. The van der Waals surface area contributed by atoms with E-state index in [-0.39, 0.29) is 18.9 Å². The second kappa shape index (κ2) is 8.28. The molecule has 7 heteroatoms. The van der Waals surface area contributed by atoms with Crippen molar-refractivity contribution in [1.82, 2.24) is 0 Å². The van der Waals surface area contributed by atoms with Crippen LogP contribution >= 0.6 is 0 Å². The van der Waals surface area contributed by atoms with E-state index in [0.29, 0.717) is 21.8 Å². The van der Waals surface area contributed by atoms with Gasteiger partial charge in [-0.15, -0.1) is 0 Å². The SMILES string of the molecule is CC(C)c1cccc(S(=O)(=O)C2(C)CCOC(c3ccc(S(C)=O)cc3F)C2)c1. The minimum Gasteiger partial charge on any atom is -0.373 e. The van der Waals surface area contributed by atoms with Gasteiger partial charge in [0.05, 0.1) is 15.7 Å². The van der Waals surface area contributed by atoms with Crippen molar-refractivity contribution in [3.05, 3.63) is 59.4 Å². The van der Waals surface area contributed by atoms with Crippen LogP contribution in [-0.4, -0.2) is 30.2 Å². The minimum absolute atomic E-state index is 0.159. The van der Waals surface area contributed by atoms with Crippen molar-refractivity contribution in [1.29, 1.82) is 0 Å². The first-order valence-corrected chi connectivity index (χ1v) is 12.7. The molecule has 0 saturated carbocycles. The Morgan fingerprint density at radius 1 is 1.21 bits per heavy atom. The van der Waals surface area contributed by atoms with Crippen LogP contribution in [0.4, 0.5) is 4.39 Å². The average molecular weight is 439 g/mol. The van der Waals surface area contributed by atoms with Gasteiger partial charge in [0.2, 0.25) is 0 Å². The van der Waals surface area contributed by atoms with Gasteiger partial charge in [0.25, 0.3) is 0 Å². The highest BCUT2D eigenvalue weighted by Gasteiger charge is 2.45. The predicted molar refractivity (Wildman–Crippen MR) is 113 cm³/mol. The van der Waals surface area contributed by atoms with Gasteiger partial charge >= 0.3 is 0 Å². The Hall–Kier alpha value is -1.57. The fourth-order valence-electron chi connectivity index (χ4n) is 3.69. The quantitative estimate of drug-likeness (QED) is 0.675. The Kier molecular flexibility index (Phi) is 6.32. The number of ether oxygens (including phenoxy) is 1. The van der Waals surface area contributed by atoms with Crippen LogP contribution in [0.2, 0.25) is 0 Å². The van der Waals surface area contributed by atoms with Gasteiger partial charge in [0, 0.05) is 34.1 Å². The molecule has 1 fully saturated rings. The molecule has 0 aromatic heterocycles. The van der Waals surface area contributed by atoms with E-state index in [0.717, 1.165) is 5.56 Å². The molecule has 0 radical (unpaired) electrons. The van der Waals surface area contributed by atoms with Gasteiger partial charge in [0.15, 0.2) is 9.84 Å². The molecule has 0 aliphatic carbocycles. The van der Waals surface area contributed by atoms with E-state index in [9.17, 15) is 17.0 Å². The second-order valence-corrected chi connectivity index (χ2v) is 12.0. The van der Waals surface area contributed by atoms with Gasteiger partial charge in [-0.25, -0.2) is 12.8 Å². The standard InChI is InChI=1S/C22H27FO4S2/c1-15(2)16-6-5-7-18(12-16)29(25,26)22(3)10-11-27-21(14-22)19-9-8-17(28(4)24)13-20(19)23/h5-9,12-13,15,21H,10-11,14H2,1-4H3. The lowest BCUT2D eigenvalue weighted by Gasteiger charge is -2.38. The van der Waals surface area contributed by atoms with Gasteiger partial charge in [0.1, 0.15) is 5.82 Å². The maximum Gasteiger partial charge on any atom is 0.184 e. The van der Waals surface area contributed by atoms with E-state index in [2.05, 4.69) is 0 Å². The molecule has 29 heavy (non-hydrogen) atoms. The third-order valence-electron chi connectivity index (χ3n) is 5.70. The Balaban J connectivity index is 1.94. The normalized spacial score (nSPS) is 23.9. The van der Waals surface area contributed by atoms with Crippen LogP contribution in [0.25, 0.3) is 0 Å². The molecule has 4 nitrogen and oxygen atoms in total. The summed E-state index contributed by atoms with van der Waals surface area (Å²) in [6.45, 7) is 5.99. The first-order chi connectivity index (χ1) is 13.5. The maximum atomic E-state index is 14.6. The third kappa shape index (κ3) is 4.32. The van der Waals surface area contributed by atoms with Gasteiger partial charge in [-0.05, 0) is 55.5 Å². The molecular formula is C22H27FO4S2. The topological polar surface area (TPSA) is 60.4 Å². The molecule has 1 aliphatic heterocycles. The van der Waals surface area contributed by atoms with Crippen molar-refractivity contribution >= 4 is 20.6 Å². The summed E-state index contributed by atoms with van der Waals surface area (Å²) < 4.78 is 57.9. The van der Waals surface area contributed by atoms with Crippen LogP contribution in [0.15, 0.2) is 52.3 Å². The van der Waals surface area contributed by atoms with Crippen molar-refractivity contribution in [3.63, 3.8) is 0 Å². The van der Waals surface area contributed by atoms with Gasteiger partial charge in [-0.3, -0.25) is 4.21 Å². The molecule has 3 unspecified atom stereocenters. The lowest BCUT2D eigenvalue weighted by atomic mass is 9.92. The monoisotopic (exact) mass is 438 g/mol. The second-order valence-electron chi connectivity index (χ2n) is 8.13. The summed E-state index contributed by atoms with van der Waals surface area (Å²) in [5.41, 5.74) is 1.27. The van der Waals surface area contributed by atoms with E-state index >= 15 is 0 Å². The Labute approximate surface area is 174 Å². The molecule has 0 amide bonds. The molecule has 1 heterocycles. The molecular weight excluding hydrogens is 411 g/mol. The van der Waals surface area contributed by atoms with Crippen LogP contribution in [0.3, 0.4) is 0 Å². The summed E-state index contributed by atoms with van der Waals surface area (Å²) in [7, 11) is -4.93. The predicted octanol–water partition coefficient (Wildman–Crippen LogP) is 4.77. The highest BCUT2D eigenvalue weighted by atomic mass is 32.2.